The number of nitrogens with one attached hydrogen (secondary N) is 1. The molecule has 1 fully saturated rings. The Morgan fingerprint density at radius 2 is 2.62 bits per heavy atom. The number of amides is 1. The second kappa shape index (κ2) is 5.07. The Labute approximate surface area is 94.0 Å². The van der Waals surface area contributed by atoms with Gasteiger partial charge >= 0.3 is 0 Å². The van der Waals surface area contributed by atoms with Gasteiger partial charge in [-0.1, -0.05) is 0 Å². The van der Waals surface area contributed by atoms with Crippen molar-refractivity contribution in [3.8, 4) is 0 Å². The van der Waals surface area contributed by atoms with Crippen molar-refractivity contribution >= 4 is 5.91 Å². The molecule has 2 rings (SSSR count). The van der Waals surface area contributed by atoms with Crippen LogP contribution >= 0.6 is 0 Å². The first-order valence-electron chi connectivity index (χ1n) is 5.57. The molecule has 1 atom stereocenters. The Balaban J connectivity index is 1.84. The molecule has 0 saturated carbocycles. The molecule has 16 heavy (non-hydrogen) atoms. The maximum Gasteiger partial charge on any atom is 0.249 e. The molecular formula is C10H16N4O2. The maximum atomic E-state index is 11.6. The molecule has 1 amide bonds. The zero-order valence-corrected chi connectivity index (χ0v) is 9.35. The summed E-state index contributed by atoms with van der Waals surface area (Å²) in [5.41, 5.74) is 0. The number of aromatic nitrogens is 3. The van der Waals surface area contributed by atoms with Gasteiger partial charge in [-0.3, -0.25) is 4.79 Å². The van der Waals surface area contributed by atoms with Gasteiger partial charge in [0.15, 0.2) is 5.82 Å². The zero-order chi connectivity index (χ0) is 11.4. The lowest BCUT2D eigenvalue weighted by atomic mass is 10.2. The van der Waals surface area contributed by atoms with E-state index in [-0.39, 0.29) is 12.0 Å². The molecule has 1 aromatic heterocycles. The largest absolute Gasteiger partial charge is 0.368 e. The minimum Gasteiger partial charge on any atom is -0.368 e. The van der Waals surface area contributed by atoms with Gasteiger partial charge in [-0.25, -0.2) is 0 Å². The Morgan fingerprint density at radius 3 is 3.31 bits per heavy atom. The van der Waals surface area contributed by atoms with Gasteiger partial charge in [0.2, 0.25) is 5.91 Å². The van der Waals surface area contributed by atoms with E-state index in [0.717, 1.165) is 25.2 Å². The number of rotatable bonds is 4. The fourth-order valence-electron chi connectivity index (χ4n) is 1.74. The average molecular weight is 224 g/mol. The lowest BCUT2D eigenvalue weighted by molar-refractivity contribution is -0.130. The Kier molecular flexibility index (Phi) is 3.51. The lowest BCUT2D eigenvalue weighted by Crippen LogP contribution is -2.34. The van der Waals surface area contributed by atoms with Crippen LogP contribution in [-0.4, -0.2) is 33.4 Å². The minimum atomic E-state index is -0.280. The monoisotopic (exact) mass is 224 g/mol. The summed E-state index contributed by atoms with van der Waals surface area (Å²) >= 11 is 0. The van der Waals surface area contributed by atoms with Crippen LogP contribution in [0, 0.1) is 0 Å². The van der Waals surface area contributed by atoms with E-state index in [9.17, 15) is 4.79 Å². The van der Waals surface area contributed by atoms with E-state index in [0.29, 0.717) is 13.2 Å². The van der Waals surface area contributed by atoms with Crippen LogP contribution in [-0.2, 0) is 22.6 Å². The summed E-state index contributed by atoms with van der Waals surface area (Å²) in [7, 11) is 0. The third-order valence-electron chi connectivity index (χ3n) is 2.68. The van der Waals surface area contributed by atoms with Crippen molar-refractivity contribution in [2.24, 2.45) is 0 Å². The summed E-state index contributed by atoms with van der Waals surface area (Å²) in [4.78, 5) is 11.6. The van der Waals surface area contributed by atoms with Gasteiger partial charge in [-0.05, 0) is 19.8 Å². The van der Waals surface area contributed by atoms with Crippen LogP contribution in [0.25, 0.3) is 0 Å². The Hall–Kier alpha value is -1.43. The van der Waals surface area contributed by atoms with E-state index in [1.165, 1.54) is 0 Å². The van der Waals surface area contributed by atoms with Crippen LogP contribution in [0.2, 0.25) is 0 Å². The highest BCUT2D eigenvalue weighted by molar-refractivity contribution is 5.80. The summed E-state index contributed by atoms with van der Waals surface area (Å²) in [6, 6.07) is 0. The molecule has 1 aliphatic rings. The highest BCUT2D eigenvalue weighted by atomic mass is 16.5. The third kappa shape index (κ3) is 2.38. The molecule has 88 valence electrons. The number of ether oxygens (including phenoxy) is 1. The predicted octanol–water partition coefficient (Wildman–Crippen LogP) is 0.0932. The molecule has 0 bridgehead atoms. The highest BCUT2D eigenvalue weighted by Crippen LogP contribution is 2.11. The molecule has 1 N–H and O–H groups in total. The number of hydrogen-bond donors (Lipinski definition) is 1. The van der Waals surface area contributed by atoms with Crippen LogP contribution < -0.4 is 5.32 Å². The van der Waals surface area contributed by atoms with Crippen molar-refractivity contribution in [2.75, 3.05) is 6.61 Å². The molecule has 1 saturated heterocycles. The average Bonchev–Trinajstić information content (AvgIpc) is 2.96. The SMILES string of the molecule is CCn1cnnc1CNC(=O)[C@@H]1CCCO1. The summed E-state index contributed by atoms with van der Waals surface area (Å²) in [5.74, 6) is 0.719. The van der Waals surface area contributed by atoms with Gasteiger partial charge in [-0.2, -0.15) is 0 Å². The smallest absolute Gasteiger partial charge is 0.249 e. The Bertz CT molecular complexity index is 357. The van der Waals surface area contributed by atoms with Crippen molar-refractivity contribution in [3.63, 3.8) is 0 Å². The summed E-state index contributed by atoms with van der Waals surface area (Å²) in [6.45, 7) is 3.91. The van der Waals surface area contributed by atoms with E-state index < -0.39 is 0 Å². The van der Waals surface area contributed by atoms with Crippen LogP contribution in [0.1, 0.15) is 25.6 Å². The first-order chi connectivity index (χ1) is 7.81. The van der Waals surface area contributed by atoms with E-state index >= 15 is 0 Å². The topological polar surface area (TPSA) is 69.0 Å². The van der Waals surface area contributed by atoms with Crippen molar-refractivity contribution in [2.45, 2.75) is 39.0 Å². The fourth-order valence-corrected chi connectivity index (χ4v) is 1.74. The van der Waals surface area contributed by atoms with E-state index in [4.69, 9.17) is 4.74 Å². The molecule has 0 radical (unpaired) electrons. The van der Waals surface area contributed by atoms with Gasteiger partial charge in [-0.15, -0.1) is 10.2 Å². The van der Waals surface area contributed by atoms with Gasteiger partial charge in [0, 0.05) is 13.2 Å². The van der Waals surface area contributed by atoms with Crippen molar-refractivity contribution in [1.82, 2.24) is 20.1 Å². The Morgan fingerprint density at radius 1 is 1.75 bits per heavy atom. The van der Waals surface area contributed by atoms with Crippen molar-refractivity contribution in [1.29, 1.82) is 0 Å². The van der Waals surface area contributed by atoms with Gasteiger partial charge < -0.3 is 14.6 Å². The molecule has 6 nitrogen and oxygen atoms in total. The molecule has 0 aliphatic carbocycles. The first-order valence-corrected chi connectivity index (χ1v) is 5.57. The number of carbonyl (C=O) groups is 1. The number of nitrogens with zero attached hydrogens (tertiary/aromatic N) is 3. The van der Waals surface area contributed by atoms with E-state index in [1.807, 2.05) is 11.5 Å². The molecular weight excluding hydrogens is 208 g/mol. The summed E-state index contributed by atoms with van der Waals surface area (Å²) in [5, 5.41) is 10.6. The van der Waals surface area contributed by atoms with Crippen LogP contribution in [0.5, 0.6) is 0 Å². The summed E-state index contributed by atoms with van der Waals surface area (Å²) < 4.78 is 7.18. The second-order valence-electron chi connectivity index (χ2n) is 3.75. The maximum absolute atomic E-state index is 11.6. The molecule has 6 heteroatoms. The van der Waals surface area contributed by atoms with Crippen LogP contribution in [0.4, 0.5) is 0 Å². The predicted molar refractivity (Wildman–Crippen MR) is 56.5 cm³/mol. The number of aryl methyl sites for hydroxylation is 1. The second-order valence-corrected chi connectivity index (χ2v) is 3.75. The normalized spacial score (nSPS) is 19.9. The standard InChI is InChI=1S/C10H16N4O2/c1-2-14-7-12-13-9(14)6-11-10(15)8-4-3-5-16-8/h7-8H,2-6H2,1H3,(H,11,15)/t8-/m0/s1. The molecule has 1 aromatic rings. The van der Waals surface area contributed by atoms with E-state index in [2.05, 4.69) is 15.5 Å². The van der Waals surface area contributed by atoms with Gasteiger partial charge in [0.1, 0.15) is 12.4 Å². The molecule has 2 heterocycles. The molecule has 0 unspecified atom stereocenters. The van der Waals surface area contributed by atoms with Crippen LogP contribution in [0.15, 0.2) is 6.33 Å². The molecule has 0 aromatic carbocycles. The quantitative estimate of drug-likeness (QED) is 0.787. The zero-order valence-electron chi connectivity index (χ0n) is 9.35. The van der Waals surface area contributed by atoms with Crippen LogP contribution in [0.3, 0.4) is 0 Å². The number of hydrogen-bond acceptors (Lipinski definition) is 4. The fraction of sp³-hybridized carbons (Fsp3) is 0.700. The molecule has 1 aliphatic heterocycles. The summed E-state index contributed by atoms with van der Waals surface area (Å²) in [6.07, 6.45) is 3.15. The minimum absolute atomic E-state index is 0.0526. The lowest BCUT2D eigenvalue weighted by Gasteiger charge is -2.10. The van der Waals surface area contributed by atoms with E-state index in [1.54, 1.807) is 6.33 Å². The number of carbonyl (C=O) groups excluding carboxylic acids is 1. The first kappa shape index (κ1) is 11.1. The third-order valence-corrected chi connectivity index (χ3v) is 2.68. The van der Waals surface area contributed by atoms with Gasteiger partial charge in [0.25, 0.3) is 0 Å². The highest BCUT2D eigenvalue weighted by Gasteiger charge is 2.23. The van der Waals surface area contributed by atoms with Crippen molar-refractivity contribution in [3.05, 3.63) is 12.2 Å². The van der Waals surface area contributed by atoms with Gasteiger partial charge in [0.05, 0.1) is 6.54 Å². The van der Waals surface area contributed by atoms with Crippen molar-refractivity contribution < 1.29 is 9.53 Å². The molecule has 0 spiro atoms.